The summed E-state index contributed by atoms with van der Waals surface area (Å²) in [5.74, 6) is 0.200. The average molecular weight is 415 g/mol. The summed E-state index contributed by atoms with van der Waals surface area (Å²) >= 11 is 0. The van der Waals surface area contributed by atoms with Gasteiger partial charge in [0.2, 0.25) is 17.7 Å². The third-order valence-corrected chi connectivity index (χ3v) is 4.77. The molecule has 2 aromatic heterocycles. The van der Waals surface area contributed by atoms with Crippen LogP contribution in [0.2, 0.25) is 0 Å². The van der Waals surface area contributed by atoms with Gasteiger partial charge in [-0.05, 0) is 31.9 Å². The van der Waals surface area contributed by atoms with Crippen LogP contribution in [-0.4, -0.2) is 63.9 Å². The first-order chi connectivity index (χ1) is 14.5. The third-order valence-electron chi connectivity index (χ3n) is 4.77. The van der Waals surface area contributed by atoms with Gasteiger partial charge in [0.15, 0.2) is 0 Å². The van der Waals surface area contributed by atoms with Crippen LogP contribution in [0.5, 0.6) is 5.88 Å². The number of aromatic amines is 1. The lowest BCUT2D eigenvalue weighted by atomic mass is 10.1. The van der Waals surface area contributed by atoms with Crippen LogP contribution in [0.1, 0.15) is 18.9 Å². The highest BCUT2D eigenvalue weighted by molar-refractivity contribution is 5.88. The molecule has 1 aliphatic rings. The van der Waals surface area contributed by atoms with E-state index in [1.807, 2.05) is 13.8 Å². The highest BCUT2D eigenvalue weighted by Crippen LogP contribution is 2.30. The predicted molar refractivity (Wildman–Crippen MR) is 114 cm³/mol. The zero-order chi connectivity index (χ0) is 21.7. The van der Waals surface area contributed by atoms with E-state index in [1.54, 1.807) is 12.4 Å². The van der Waals surface area contributed by atoms with E-state index in [4.69, 9.17) is 10.5 Å². The van der Waals surface area contributed by atoms with Gasteiger partial charge in [0.1, 0.15) is 17.9 Å². The van der Waals surface area contributed by atoms with Crippen LogP contribution in [0.3, 0.4) is 0 Å². The van der Waals surface area contributed by atoms with E-state index in [1.165, 1.54) is 17.2 Å². The lowest BCUT2D eigenvalue weighted by Gasteiger charge is -2.34. The Morgan fingerprint density at radius 3 is 3.07 bits per heavy atom. The average Bonchev–Trinajstić information content (AvgIpc) is 3.12. The number of nitrogens with zero attached hydrogens (tertiary/aromatic N) is 4. The largest absolute Gasteiger partial charge is 0.469 e. The van der Waals surface area contributed by atoms with E-state index < -0.39 is 12.3 Å². The van der Waals surface area contributed by atoms with Crippen LogP contribution < -0.4 is 15.8 Å². The highest BCUT2D eigenvalue weighted by atomic mass is 19.1. The number of hydrogen-bond donors (Lipinski definition) is 3. The number of likely N-dealkylation sites (tertiary alicyclic amines) is 1. The number of anilines is 1. The van der Waals surface area contributed by atoms with Gasteiger partial charge in [-0.2, -0.15) is 9.97 Å². The van der Waals surface area contributed by atoms with Crippen molar-refractivity contribution in [3.63, 3.8) is 0 Å². The topological polar surface area (TPSA) is 122 Å². The summed E-state index contributed by atoms with van der Waals surface area (Å²) in [5, 5.41) is 3.64. The molecule has 0 radical (unpaired) electrons. The van der Waals surface area contributed by atoms with Crippen molar-refractivity contribution in [1.82, 2.24) is 19.9 Å². The van der Waals surface area contributed by atoms with Crippen molar-refractivity contribution in [1.29, 1.82) is 0 Å². The number of nitrogens with one attached hydrogen (secondary N) is 2. The van der Waals surface area contributed by atoms with E-state index in [-0.39, 0.29) is 30.7 Å². The quantitative estimate of drug-likeness (QED) is 0.470. The highest BCUT2D eigenvalue weighted by Gasteiger charge is 2.33. The number of aliphatic imine (C=N–C) groups is 1. The number of nitrogens with two attached hydrogens (primary N) is 1. The van der Waals surface area contributed by atoms with Crippen molar-refractivity contribution in [3.8, 4) is 5.88 Å². The summed E-state index contributed by atoms with van der Waals surface area (Å²) in [6.07, 6.45) is 4.02. The lowest BCUT2D eigenvalue weighted by Crippen LogP contribution is -2.49. The molecule has 0 unspecified atom stereocenters. The lowest BCUT2D eigenvalue weighted by molar-refractivity contribution is -0.130. The molecule has 10 heteroatoms. The van der Waals surface area contributed by atoms with Crippen molar-refractivity contribution in [2.45, 2.75) is 32.5 Å². The molecule has 1 aliphatic heterocycles. The summed E-state index contributed by atoms with van der Waals surface area (Å²) in [6.45, 7) is 8.31. The number of rotatable bonds is 7. The Hall–Kier alpha value is -3.43. The molecule has 160 valence electrons. The second-order valence-electron chi connectivity index (χ2n) is 6.87. The third kappa shape index (κ3) is 4.58. The number of hydrogen-bond acceptors (Lipinski definition) is 7. The van der Waals surface area contributed by atoms with Crippen molar-refractivity contribution < 1.29 is 13.9 Å². The number of halogens is 1. The second-order valence-corrected chi connectivity index (χ2v) is 6.87. The maximum absolute atomic E-state index is 14.6. The number of alkyl halides is 1. The molecule has 3 rings (SSSR count). The Bertz CT molecular complexity index is 985. The molecule has 2 aromatic rings. The van der Waals surface area contributed by atoms with Crippen LogP contribution in [0.4, 0.5) is 10.3 Å². The van der Waals surface area contributed by atoms with E-state index in [9.17, 15) is 9.18 Å². The van der Waals surface area contributed by atoms with Crippen LogP contribution >= 0.6 is 0 Å². The molecule has 0 spiro atoms. The van der Waals surface area contributed by atoms with E-state index >= 15 is 0 Å². The van der Waals surface area contributed by atoms with Crippen LogP contribution in [0.25, 0.3) is 11.0 Å². The molecule has 30 heavy (non-hydrogen) atoms. The van der Waals surface area contributed by atoms with Gasteiger partial charge in [-0.1, -0.05) is 6.58 Å². The number of carbonyl (C=O) groups is 1. The van der Waals surface area contributed by atoms with E-state index in [0.29, 0.717) is 29.8 Å². The Kier molecular flexibility index (Phi) is 6.65. The summed E-state index contributed by atoms with van der Waals surface area (Å²) < 4.78 is 20.6. The number of aryl methyl sites for hydroxylation is 1. The predicted octanol–water partition coefficient (Wildman–Crippen LogP) is 2.07. The zero-order valence-corrected chi connectivity index (χ0v) is 17.1. The van der Waals surface area contributed by atoms with Gasteiger partial charge in [-0.15, -0.1) is 0 Å². The number of aromatic nitrogens is 3. The van der Waals surface area contributed by atoms with Gasteiger partial charge in [0.05, 0.1) is 17.6 Å². The normalized spacial score (nSPS) is 20.0. The van der Waals surface area contributed by atoms with Gasteiger partial charge in [0.25, 0.3) is 0 Å². The Morgan fingerprint density at radius 1 is 1.57 bits per heavy atom. The molecule has 2 atom stereocenters. The maximum Gasteiger partial charge on any atom is 0.246 e. The zero-order valence-electron chi connectivity index (χ0n) is 17.1. The van der Waals surface area contributed by atoms with Crippen LogP contribution in [0.15, 0.2) is 35.7 Å². The molecule has 0 saturated carbocycles. The fourth-order valence-corrected chi connectivity index (χ4v) is 3.20. The number of ether oxygens (including phenoxy) is 1. The Labute approximate surface area is 173 Å². The molecular formula is C20H26FN7O2. The van der Waals surface area contributed by atoms with Crippen molar-refractivity contribution >= 4 is 29.1 Å². The molecule has 0 bridgehead atoms. The molecule has 9 nitrogen and oxygen atoms in total. The van der Waals surface area contributed by atoms with Crippen molar-refractivity contribution in [3.05, 3.63) is 36.3 Å². The minimum atomic E-state index is -1.23. The molecule has 0 aliphatic carbocycles. The summed E-state index contributed by atoms with van der Waals surface area (Å²) in [7, 11) is 0. The fourth-order valence-electron chi connectivity index (χ4n) is 3.20. The number of carbonyl (C=O) groups excluding carboxylic acids is 1. The number of allylic oxidation sites excluding steroid dienone is 1. The number of piperidine rings is 1. The summed E-state index contributed by atoms with van der Waals surface area (Å²) in [6, 6.07) is 0. The Balaban J connectivity index is 1.91. The Morgan fingerprint density at radius 2 is 2.37 bits per heavy atom. The minimum absolute atomic E-state index is 0.112. The van der Waals surface area contributed by atoms with E-state index in [2.05, 4.69) is 31.8 Å². The van der Waals surface area contributed by atoms with Crippen LogP contribution in [-0.2, 0) is 4.79 Å². The van der Waals surface area contributed by atoms with Gasteiger partial charge in [-0.3, -0.25) is 9.79 Å². The molecular weight excluding hydrogens is 389 g/mol. The van der Waals surface area contributed by atoms with Crippen molar-refractivity contribution in [2.24, 2.45) is 10.7 Å². The van der Waals surface area contributed by atoms with Gasteiger partial charge < -0.3 is 25.7 Å². The van der Waals surface area contributed by atoms with E-state index in [0.717, 1.165) is 5.56 Å². The molecule has 1 fully saturated rings. The molecule has 0 aromatic carbocycles. The summed E-state index contributed by atoms with van der Waals surface area (Å²) in [5.41, 5.74) is 7.54. The standard InChI is InChI=1S/C20H26FN7O2/c1-4-16(29)28-7-6-14(21)15(11-28)30-19-17-12(3)9-24-18(17)26-20(27-19)25-13(8-22)10-23-5-2/h4,8-10,14-15H,1,5-7,11,22H2,2-3H3,(H2,24,25,26,27)/t14-,15+/m1/s1. The van der Waals surface area contributed by atoms with Gasteiger partial charge in [-0.25, -0.2) is 4.39 Å². The fraction of sp³-hybridized carbons (Fsp3) is 0.400. The molecule has 4 N–H and O–H groups in total. The van der Waals surface area contributed by atoms with Crippen LogP contribution in [0, 0.1) is 6.92 Å². The first-order valence-corrected chi connectivity index (χ1v) is 9.73. The van der Waals surface area contributed by atoms with Gasteiger partial charge >= 0.3 is 0 Å². The molecule has 1 saturated heterocycles. The molecule has 3 heterocycles. The summed E-state index contributed by atoms with van der Waals surface area (Å²) in [4.78, 5) is 29.5. The number of amides is 1. The van der Waals surface area contributed by atoms with Gasteiger partial charge in [0, 0.05) is 31.7 Å². The number of H-pyrrole nitrogens is 1. The van der Waals surface area contributed by atoms with Crippen molar-refractivity contribution in [2.75, 3.05) is 25.0 Å². The first kappa shape index (κ1) is 21.3. The minimum Gasteiger partial charge on any atom is -0.469 e. The second kappa shape index (κ2) is 9.38. The number of fused-ring (bicyclic) bond motifs is 1. The maximum atomic E-state index is 14.6. The smallest absolute Gasteiger partial charge is 0.246 e. The molecule has 1 amide bonds. The first-order valence-electron chi connectivity index (χ1n) is 9.73. The SMILES string of the molecule is C=CC(=O)N1CC[C@@H](F)[C@@H](Oc2nc(NC(C=NCC)=CN)nc3[nH]cc(C)c23)C1. The monoisotopic (exact) mass is 415 g/mol.